The van der Waals surface area contributed by atoms with Crippen LogP contribution in [0.4, 0.5) is 0 Å². The summed E-state index contributed by atoms with van der Waals surface area (Å²) in [6.07, 6.45) is 0. The van der Waals surface area contributed by atoms with E-state index in [-0.39, 0.29) is 17.2 Å². The van der Waals surface area contributed by atoms with Gasteiger partial charge in [0.15, 0.2) is 0 Å². The Morgan fingerprint density at radius 1 is 1.20 bits per heavy atom. The normalized spacial score (nSPS) is 29.7. The Kier molecular flexibility index (Phi) is 3.94. The molecule has 0 aliphatic carbocycles. The largest absolute Gasteiger partial charge is 0.469 e. The van der Waals surface area contributed by atoms with Gasteiger partial charge in [0.05, 0.1) is 18.7 Å². The van der Waals surface area contributed by atoms with Crippen LogP contribution in [0.3, 0.4) is 0 Å². The van der Waals surface area contributed by atoms with Gasteiger partial charge in [-0.25, -0.2) is 0 Å². The number of carbonyl (C=O) groups is 2. The zero-order chi connectivity index (χ0) is 18.2. The molecule has 1 amide bonds. The van der Waals surface area contributed by atoms with Crippen molar-refractivity contribution in [3.05, 3.63) is 47.2 Å². The number of hydrogen-bond donors (Lipinski definition) is 2. The fourth-order valence-corrected chi connectivity index (χ4v) is 3.84. The highest BCUT2D eigenvalue weighted by molar-refractivity contribution is 5.91. The summed E-state index contributed by atoms with van der Waals surface area (Å²) in [6.45, 7) is 1.66. The molecule has 2 N–H and O–H groups in total. The maximum atomic E-state index is 12.7. The van der Waals surface area contributed by atoms with E-state index in [2.05, 4.69) is 10.6 Å². The van der Waals surface area contributed by atoms with Crippen LogP contribution < -0.4 is 10.6 Å². The second-order valence-electron chi connectivity index (χ2n) is 6.24. The van der Waals surface area contributed by atoms with E-state index in [1.807, 2.05) is 42.5 Å². The minimum Gasteiger partial charge on any atom is -0.469 e. The SMILES string of the molecule is COC(=O)[C@@H]1[C@H](c2ccccc2)[C@@H]2C(=O)N[C@]1(C)NC2=C(C#N)C#N. The topological polar surface area (TPSA) is 115 Å². The zero-order valence-electron chi connectivity index (χ0n) is 13.7. The number of methoxy groups -OCH3 is 1. The van der Waals surface area contributed by atoms with E-state index < -0.39 is 29.4 Å². The van der Waals surface area contributed by atoms with Gasteiger partial charge in [-0.2, -0.15) is 10.5 Å². The zero-order valence-corrected chi connectivity index (χ0v) is 13.7. The molecule has 126 valence electrons. The van der Waals surface area contributed by atoms with Gasteiger partial charge in [0.25, 0.3) is 0 Å². The lowest BCUT2D eigenvalue weighted by molar-refractivity contribution is -0.158. The molecule has 3 aliphatic heterocycles. The molecular formula is C18H16N4O3. The van der Waals surface area contributed by atoms with Crippen LogP contribution in [-0.4, -0.2) is 24.6 Å². The van der Waals surface area contributed by atoms with E-state index in [0.29, 0.717) is 0 Å². The van der Waals surface area contributed by atoms with Gasteiger partial charge in [0.2, 0.25) is 5.91 Å². The molecule has 3 aliphatic rings. The van der Waals surface area contributed by atoms with E-state index in [1.54, 1.807) is 6.92 Å². The molecule has 4 atom stereocenters. The van der Waals surface area contributed by atoms with Crippen molar-refractivity contribution in [3.8, 4) is 12.1 Å². The fraction of sp³-hybridized carbons (Fsp3) is 0.333. The number of esters is 1. The van der Waals surface area contributed by atoms with E-state index in [9.17, 15) is 20.1 Å². The molecule has 0 saturated carbocycles. The quantitative estimate of drug-likeness (QED) is 0.613. The molecule has 25 heavy (non-hydrogen) atoms. The van der Waals surface area contributed by atoms with Crippen molar-refractivity contribution in [2.24, 2.45) is 11.8 Å². The molecule has 7 nitrogen and oxygen atoms in total. The van der Waals surface area contributed by atoms with Crippen LogP contribution in [0.15, 0.2) is 41.6 Å². The van der Waals surface area contributed by atoms with Crippen LogP contribution in [0.5, 0.6) is 0 Å². The third-order valence-corrected chi connectivity index (χ3v) is 4.84. The molecule has 0 spiro atoms. The first-order chi connectivity index (χ1) is 12.0. The molecule has 3 saturated heterocycles. The Labute approximate surface area is 144 Å². The number of rotatable bonds is 2. The number of nitrogens with zero attached hydrogens (tertiary/aromatic N) is 2. The Hall–Kier alpha value is -3.32. The number of nitrogens with one attached hydrogen (secondary N) is 2. The summed E-state index contributed by atoms with van der Waals surface area (Å²) >= 11 is 0. The summed E-state index contributed by atoms with van der Waals surface area (Å²) in [6, 6.07) is 12.8. The number of hydrogen-bond acceptors (Lipinski definition) is 6. The van der Waals surface area contributed by atoms with Crippen molar-refractivity contribution in [2.45, 2.75) is 18.5 Å². The summed E-state index contributed by atoms with van der Waals surface area (Å²) in [5.41, 5.74) is -0.285. The predicted octanol–water partition coefficient (Wildman–Crippen LogP) is 0.926. The minimum absolute atomic E-state index is 0.157. The molecule has 1 aromatic rings. The highest BCUT2D eigenvalue weighted by Crippen LogP contribution is 2.49. The van der Waals surface area contributed by atoms with Crippen molar-refractivity contribution in [3.63, 3.8) is 0 Å². The third kappa shape index (κ3) is 2.41. The van der Waals surface area contributed by atoms with Gasteiger partial charge in [-0.15, -0.1) is 0 Å². The van der Waals surface area contributed by atoms with Crippen molar-refractivity contribution in [1.29, 1.82) is 10.5 Å². The average molecular weight is 336 g/mol. The van der Waals surface area contributed by atoms with Gasteiger partial charge in [-0.05, 0) is 12.5 Å². The Morgan fingerprint density at radius 3 is 2.40 bits per heavy atom. The van der Waals surface area contributed by atoms with Crippen molar-refractivity contribution in [1.82, 2.24) is 10.6 Å². The monoisotopic (exact) mass is 336 g/mol. The van der Waals surface area contributed by atoms with Gasteiger partial charge in [-0.3, -0.25) is 9.59 Å². The fourth-order valence-electron chi connectivity index (χ4n) is 3.84. The first kappa shape index (κ1) is 16.5. The highest BCUT2D eigenvalue weighted by Gasteiger charge is 2.61. The van der Waals surface area contributed by atoms with Crippen LogP contribution in [0.2, 0.25) is 0 Å². The lowest BCUT2D eigenvalue weighted by Crippen LogP contribution is -2.75. The van der Waals surface area contributed by atoms with Gasteiger partial charge in [0, 0.05) is 5.92 Å². The van der Waals surface area contributed by atoms with Crippen LogP contribution in [0.1, 0.15) is 18.4 Å². The molecule has 3 fully saturated rings. The first-order valence-corrected chi connectivity index (χ1v) is 7.74. The average Bonchev–Trinajstić information content (AvgIpc) is 2.61. The molecule has 0 aromatic heterocycles. The number of ether oxygens (including phenoxy) is 1. The number of amides is 1. The third-order valence-electron chi connectivity index (χ3n) is 4.84. The Morgan fingerprint density at radius 2 is 1.84 bits per heavy atom. The van der Waals surface area contributed by atoms with Crippen molar-refractivity contribution in [2.75, 3.05) is 7.11 Å². The predicted molar refractivity (Wildman–Crippen MR) is 86.1 cm³/mol. The number of nitriles is 2. The highest BCUT2D eigenvalue weighted by atomic mass is 16.5. The molecular weight excluding hydrogens is 320 g/mol. The van der Waals surface area contributed by atoms with Crippen molar-refractivity contribution >= 4 is 11.9 Å². The van der Waals surface area contributed by atoms with Crippen LogP contribution in [-0.2, 0) is 14.3 Å². The minimum atomic E-state index is -1.16. The van der Waals surface area contributed by atoms with E-state index in [0.717, 1.165) is 5.56 Å². The second-order valence-corrected chi connectivity index (χ2v) is 6.24. The Bertz CT molecular complexity index is 833. The summed E-state index contributed by atoms with van der Waals surface area (Å²) in [5, 5.41) is 24.3. The van der Waals surface area contributed by atoms with Crippen molar-refractivity contribution < 1.29 is 14.3 Å². The molecule has 2 bridgehead atoms. The van der Waals surface area contributed by atoms with Gasteiger partial charge >= 0.3 is 5.97 Å². The van der Waals surface area contributed by atoms with Gasteiger partial charge < -0.3 is 15.4 Å². The molecule has 4 rings (SSSR count). The van der Waals surface area contributed by atoms with E-state index in [4.69, 9.17) is 4.74 Å². The maximum Gasteiger partial charge on any atom is 0.313 e. The number of allylic oxidation sites excluding steroid dienone is 1. The van der Waals surface area contributed by atoms with E-state index in [1.165, 1.54) is 7.11 Å². The van der Waals surface area contributed by atoms with Gasteiger partial charge in [-0.1, -0.05) is 30.3 Å². The maximum absolute atomic E-state index is 12.7. The first-order valence-electron chi connectivity index (χ1n) is 7.74. The van der Waals surface area contributed by atoms with E-state index >= 15 is 0 Å². The summed E-state index contributed by atoms with van der Waals surface area (Å²) in [5.74, 6) is -2.88. The number of carbonyl (C=O) groups excluding carboxylic acids is 2. The molecule has 7 heteroatoms. The van der Waals surface area contributed by atoms with Crippen LogP contribution in [0, 0.1) is 34.5 Å². The van der Waals surface area contributed by atoms with Crippen LogP contribution >= 0.6 is 0 Å². The molecule has 1 aromatic carbocycles. The summed E-state index contributed by atoms with van der Waals surface area (Å²) in [7, 11) is 1.30. The molecule has 3 heterocycles. The summed E-state index contributed by atoms with van der Waals surface area (Å²) in [4.78, 5) is 25.2. The van der Waals surface area contributed by atoms with Gasteiger partial charge in [0.1, 0.15) is 29.3 Å². The smallest absolute Gasteiger partial charge is 0.313 e. The number of piperidine rings is 2. The molecule has 0 radical (unpaired) electrons. The number of benzene rings is 1. The summed E-state index contributed by atoms with van der Waals surface area (Å²) < 4.78 is 4.97. The van der Waals surface area contributed by atoms with Crippen LogP contribution in [0.25, 0.3) is 0 Å². The molecule has 0 unspecified atom stereocenters. The second kappa shape index (κ2) is 5.95. The standard InChI is InChI=1S/C18H16N4O3/c1-18-14(17(24)25-2)12(10-6-4-3-5-7-10)13(16(23)22-18)15(21-18)11(8-19)9-20/h3-7,12-14,21H,1-2H3,(H,22,23)/t12-,13+,14+,18+/m1/s1. The number of fused-ring (bicyclic) bond motifs is 3. The lowest BCUT2D eigenvalue weighted by Gasteiger charge is -2.55. The Balaban J connectivity index is 2.26. The lowest BCUT2D eigenvalue weighted by atomic mass is 9.63.